The normalized spacial score (nSPS) is 12.8. The number of benzene rings is 1. The minimum atomic E-state index is 0.442. The predicted molar refractivity (Wildman–Crippen MR) is 89.0 cm³/mol. The highest BCUT2D eigenvalue weighted by Gasteiger charge is 2.12. The molecule has 1 atom stereocenters. The van der Waals surface area contributed by atoms with Gasteiger partial charge < -0.3 is 5.32 Å². The van der Waals surface area contributed by atoms with Crippen LogP contribution < -0.4 is 5.32 Å². The minimum Gasteiger partial charge on any atom is -0.313 e. The van der Waals surface area contributed by atoms with E-state index in [2.05, 4.69) is 64.7 Å². The number of fused-ring (bicyclic) bond motifs is 1. The lowest BCUT2D eigenvalue weighted by Gasteiger charge is -2.17. The third-order valence-corrected chi connectivity index (χ3v) is 4.38. The molecule has 0 radical (unpaired) electrons. The van der Waals surface area contributed by atoms with Crippen molar-refractivity contribution in [2.45, 2.75) is 32.2 Å². The number of nitrogens with zero attached hydrogens (tertiary/aromatic N) is 2. The van der Waals surface area contributed by atoms with Crippen LogP contribution in [0.25, 0.3) is 4.96 Å². The van der Waals surface area contributed by atoms with Gasteiger partial charge in [0.2, 0.25) is 0 Å². The molecule has 0 aliphatic carbocycles. The molecule has 21 heavy (non-hydrogen) atoms. The lowest BCUT2D eigenvalue weighted by Crippen LogP contribution is -2.33. The summed E-state index contributed by atoms with van der Waals surface area (Å²) < 4.78 is 2.11. The summed E-state index contributed by atoms with van der Waals surface area (Å²) in [6.07, 6.45) is 7.40. The van der Waals surface area contributed by atoms with Crippen molar-refractivity contribution in [2.75, 3.05) is 6.54 Å². The SMILES string of the molecule is CCCNC(Cc1ccccc1)Cc1cn2ccsc2n1. The van der Waals surface area contributed by atoms with Crippen LogP contribution in [0.3, 0.4) is 0 Å². The zero-order chi connectivity index (χ0) is 14.5. The maximum absolute atomic E-state index is 4.70. The zero-order valence-corrected chi connectivity index (χ0v) is 13.1. The van der Waals surface area contributed by atoms with Gasteiger partial charge in [0, 0.05) is 30.2 Å². The predicted octanol–water partition coefficient (Wildman–Crippen LogP) is 3.55. The standard InChI is InChI=1S/C17H21N3S/c1-2-8-18-15(11-14-6-4-3-5-7-14)12-16-13-20-9-10-21-17(20)19-16/h3-7,9-10,13,15,18H,2,8,11-12H2,1H3. The van der Waals surface area contributed by atoms with E-state index in [4.69, 9.17) is 4.98 Å². The molecule has 1 unspecified atom stereocenters. The number of rotatable bonds is 7. The zero-order valence-electron chi connectivity index (χ0n) is 12.3. The molecule has 3 nitrogen and oxygen atoms in total. The second-order valence-electron chi connectivity index (χ2n) is 5.37. The summed E-state index contributed by atoms with van der Waals surface area (Å²) in [5.41, 5.74) is 2.55. The van der Waals surface area contributed by atoms with Crippen LogP contribution in [0.15, 0.2) is 48.1 Å². The fourth-order valence-corrected chi connectivity index (χ4v) is 3.31. The van der Waals surface area contributed by atoms with Crippen molar-refractivity contribution >= 4 is 16.3 Å². The van der Waals surface area contributed by atoms with E-state index in [1.165, 1.54) is 11.3 Å². The van der Waals surface area contributed by atoms with Crippen LogP contribution in [-0.2, 0) is 12.8 Å². The Morgan fingerprint density at radius 2 is 2.10 bits per heavy atom. The molecule has 0 aliphatic rings. The molecule has 3 aromatic rings. The van der Waals surface area contributed by atoms with Crippen LogP contribution in [0.4, 0.5) is 0 Å². The average Bonchev–Trinajstić information content (AvgIpc) is 3.07. The first kappa shape index (κ1) is 14.3. The second-order valence-corrected chi connectivity index (χ2v) is 6.24. The molecule has 0 saturated carbocycles. The largest absolute Gasteiger partial charge is 0.313 e. The van der Waals surface area contributed by atoms with E-state index in [1.807, 2.05) is 0 Å². The summed E-state index contributed by atoms with van der Waals surface area (Å²) in [7, 11) is 0. The van der Waals surface area contributed by atoms with Crippen molar-refractivity contribution in [3.05, 3.63) is 59.4 Å². The van der Waals surface area contributed by atoms with Gasteiger partial charge >= 0.3 is 0 Å². The summed E-state index contributed by atoms with van der Waals surface area (Å²) in [5.74, 6) is 0. The highest BCUT2D eigenvalue weighted by atomic mass is 32.1. The molecular weight excluding hydrogens is 278 g/mol. The molecule has 3 rings (SSSR count). The monoisotopic (exact) mass is 299 g/mol. The van der Waals surface area contributed by atoms with E-state index in [1.54, 1.807) is 11.3 Å². The Hall–Kier alpha value is -1.65. The molecule has 2 heterocycles. The molecule has 0 amide bonds. The van der Waals surface area contributed by atoms with Gasteiger partial charge in [0.15, 0.2) is 4.96 Å². The Morgan fingerprint density at radius 1 is 1.24 bits per heavy atom. The summed E-state index contributed by atoms with van der Waals surface area (Å²) in [6, 6.07) is 11.1. The fourth-order valence-electron chi connectivity index (χ4n) is 2.59. The number of imidazole rings is 1. The third kappa shape index (κ3) is 3.71. The summed E-state index contributed by atoms with van der Waals surface area (Å²) >= 11 is 1.69. The van der Waals surface area contributed by atoms with Crippen LogP contribution in [-0.4, -0.2) is 22.0 Å². The molecule has 0 bridgehead atoms. The lowest BCUT2D eigenvalue weighted by atomic mass is 10.0. The fraction of sp³-hybridized carbons (Fsp3) is 0.353. The molecule has 1 N–H and O–H groups in total. The van der Waals surface area contributed by atoms with Crippen molar-refractivity contribution in [3.63, 3.8) is 0 Å². The first-order valence-corrected chi connectivity index (χ1v) is 8.41. The highest BCUT2D eigenvalue weighted by Crippen LogP contribution is 2.14. The van der Waals surface area contributed by atoms with Crippen LogP contribution in [0.1, 0.15) is 24.6 Å². The maximum atomic E-state index is 4.70. The first-order chi connectivity index (χ1) is 10.3. The van der Waals surface area contributed by atoms with Crippen LogP contribution in [0.5, 0.6) is 0 Å². The van der Waals surface area contributed by atoms with Crippen molar-refractivity contribution in [1.82, 2.24) is 14.7 Å². The second kappa shape index (κ2) is 6.87. The summed E-state index contributed by atoms with van der Waals surface area (Å²) in [4.78, 5) is 5.79. The molecule has 0 fully saturated rings. The van der Waals surface area contributed by atoms with E-state index in [-0.39, 0.29) is 0 Å². The molecule has 0 aliphatic heterocycles. The third-order valence-electron chi connectivity index (χ3n) is 3.61. The van der Waals surface area contributed by atoms with Crippen molar-refractivity contribution in [3.8, 4) is 0 Å². The van der Waals surface area contributed by atoms with Crippen molar-refractivity contribution < 1.29 is 0 Å². The van der Waals surface area contributed by atoms with Gasteiger partial charge in [-0.3, -0.25) is 4.40 Å². The molecule has 1 aromatic carbocycles. The Labute approximate surface area is 129 Å². The molecular formula is C17H21N3S. The molecule has 2 aromatic heterocycles. The van der Waals surface area contributed by atoms with Gasteiger partial charge in [-0.2, -0.15) is 0 Å². The Morgan fingerprint density at radius 3 is 2.86 bits per heavy atom. The number of thiazole rings is 1. The number of hydrogen-bond acceptors (Lipinski definition) is 3. The quantitative estimate of drug-likeness (QED) is 0.723. The molecule has 0 saturated heterocycles. The highest BCUT2D eigenvalue weighted by molar-refractivity contribution is 7.15. The maximum Gasteiger partial charge on any atom is 0.193 e. The van der Waals surface area contributed by atoms with E-state index in [0.29, 0.717) is 6.04 Å². The molecule has 4 heteroatoms. The van der Waals surface area contributed by atoms with Crippen molar-refractivity contribution in [1.29, 1.82) is 0 Å². The number of nitrogens with one attached hydrogen (secondary N) is 1. The van der Waals surface area contributed by atoms with Crippen LogP contribution in [0, 0.1) is 0 Å². The van der Waals surface area contributed by atoms with Gasteiger partial charge in [-0.05, 0) is 24.9 Å². The first-order valence-electron chi connectivity index (χ1n) is 7.53. The molecule has 0 spiro atoms. The Bertz CT molecular complexity index is 643. The van der Waals surface area contributed by atoms with E-state index < -0.39 is 0 Å². The van der Waals surface area contributed by atoms with Crippen LogP contribution >= 0.6 is 11.3 Å². The number of aromatic nitrogens is 2. The smallest absolute Gasteiger partial charge is 0.193 e. The number of hydrogen-bond donors (Lipinski definition) is 1. The Balaban J connectivity index is 1.70. The van der Waals surface area contributed by atoms with Gasteiger partial charge in [-0.1, -0.05) is 37.3 Å². The van der Waals surface area contributed by atoms with Gasteiger partial charge in [0.25, 0.3) is 0 Å². The van der Waals surface area contributed by atoms with Gasteiger partial charge in [-0.25, -0.2) is 4.98 Å². The van der Waals surface area contributed by atoms with E-state index in [9.17, 15) is 0 Å². The molecule has 110 valence electrons. The summed E-state index contributed by atoms with van der Waals surface area (Å²) in [6.45, 7) is 3.26. The topological polar surface area (TPSA) is 29.3 Å². The lowest BCUT2D eigenvalue weighted by molar-refractivity contribution is 0.501. The Kier molecular flexibility index (Phi) is 4.68. The van der Waals surface area contributed by atoms with Gasteiger partial charge in [0.1, 0.15) is 0 Å². The average molecular weight is 299 g/mol. The minimum absolute atomic E-state index is 0.442. The van der Waals surface area contributed by atoms with E-state index >= 15 is 0 Å². The van der Waals surface area contributed by atoms with Gasteiger partial charge in [-0.15, -0.1) is 11.3 Å². The van der Waals surface area contributed by atoms with E-state index in [0.717, 1.165) is 30.8 Å². The van der Waals surface area contributed by atoms with Gasteiger partial charge in [0.05, 0.1) is 5.69 Å². The van der Waals surface area contributed by atoms with Crippen LogP contribution in [0.2, 0.25) is 0 Å². The summed E-state index contributed by atoms with van der Waals surface area (Å²) in [5, 5.41) is 5.73. The van der Waals surface area contributed by atoms with Crippen molar-refractivity contribution in [2.24, 2.45) is 0 Å².